The fourth-order valence-electron chi connectivity index (χ4n) is 1.31. The monoisotopic (exact) mass is 183 g/mol. The van der Waals surface area contributed by atoms with E-state index in [9.17, 15) is 9.50 Å². The molecule has 1 aromatic rings. The minimum atomic E-state index is -0.548. The summed E-state index contributed by atoms with van der Waals surface area (Å²) in [6.07, 6.45) is 0.647. The summed E-state index contributed by atoms with van der Waals surface area (Å²) in [7, 11) is 0. The quantitative estimate of drug-likeness (QED) is 0.733. The fraction of sp³-hybridized carbons (Fsp3) is 0.400. The lowest BCUT2D eigenvalue weighted by molar-refractivity contribution is 0.429. The van der Waals surface area contributed by atoms with Gasteiger partial charge in [-0.2, -0.15) is 0 Å². The van der Waals surface area contributed by atoms with Gasteiger partial charge < -0.3 is 10.8 Å². The second-order valence-corrected chi connectivity index (χ2v) is 3.43. The van der Waals surface area contributed by atoms with Crippen molar-refractivity contribution in [3.05, 3.63) is 29.1 Å². The van der Waals surface area contributed by atoms with Crippen molar-refractivity contribution in [2.75, 3.05) is 0 Å². The molecule has 0 aromatic heterocycles. The predicted octanol–water partition coefficient (Wildman–Crippen LogP) is 1.73. The molecule has 1 unspecified atom stereocenters. The third-order valence-corrected chi connectivity index (χ3v) is 1.85. The zero-order valence-electron chi connectivity index (χ0n) is 7.84. The van der Waals surface area contributed by atoms with Crippen LogP contribution >= 0.6 is 0 Å². The van der Waals surface area contributed by atoms with Crippen LogP contribution < -0.4 is 5.73 Å². The molecule has 0 fully saturated rings. The molecule has 0 radical (unpaired) electrons. The Bertz CT molecular complexity index is 287. The van der Waals surface area contributed by atoms with E-state index in [2.05, 4.69) is 0 Å². The summed E-state index contributed by atoms with van der Waals surface area (Å²) in [4.78, 5) is 0. The number of hydrogen-bond acceptors (Lipinski definition) is 2. The van der Waals surface area contributed by atoms with Gasteiger partial charge in [-0.15, -0.1) is 0 Å². The van der Waals surface area contributed by atoms with E-state index in [-0.39, 0.29) is 11.8 Å². The third-order valence-electron chi connectivity index (χ3n) is 1.85. The molecular formula is C10H14FNO. The summed E-state index contributed by atoms with van der Waals surface area (Å²) in [5, 5.41) is 9.18. The van der Waals surface area contributed by atoms with Crippen molar-refractivity contribution in [3.8, 4) is 5.75 Å². The van der Waals surface area contributed by atoms with Gasteiger partial charge >= 0.3 is 0 Å². The predicted molar refractivity (Wildman–Crippen MR) is 50.2 cm³/mol. The summed E-state index contributed by atoms with van der Waals surface area (Å²) in [5.41, 5.74) is 6.91. The summed E-state index contributed by atoms with van der Waals surface area (Å²) < 4.78 is 13.0. The van der Waals surface area contributed by atoms with E-state index in [0.717, 1.165) is 5.56 Å². The zero-order valence-corrected chi connectivity index (χ0v) is 7.84. The summed E-state index contributed by atoms with van der Waals surface area (Å²) in [5.74, 6) is -0.843. The topological polar surface area (TPSA) is 46.2 Å². The number of halogens is 1. The van der Waals surface area contributed by atoms with Gasteiger partial charge in [0.1, 0.15) is 0 Å². The first-order valence-electron chi connectivity index (χ1n) is 4.24. The van der Waals surface area contributed by atoms with Gasteiger partial charge in [0, 0.05) is 6.04 Å². The lowest BCUT2D eigenvalue weighted by Gasteiger charge is -2.07. The number of phenols is 1. The van der Waals surface area contributed by atoms with Crippen LogP contribution in [0.1, 0.15) is 18.1 Å². The minimum absolute atomic E-state index is 0.0178. The highest BCUT2D eigenvalue weighted by Gasteiger charge is 2.07. The van der Waals surface area contributed by atoms with Crippen LogP contribution in [0.2, 0.25) is 0 Å². The largest absolute Gasteiger partial charge is 0.505 e. The van der Waals surface area contributed by atoms with Crippen LogP contribution in [0.4, 0.5) is 4.39 Å². The number of benzene rings is 1. The third kappa shape index (κ3) is 2.42. The molecule has 0 aliphatic heterocycles. The Kier molecular flexibility index (Phi) is 2.88. The molecule has 0 spiro atoms. The molecule has 72 valence electrons. The highest BCUT2D eigenvalue weighted by molar-refractivity contribution is 5.35. The Labute approximate surface area is 77.2 Å². The maximum absolute atomic E-state index is 13.0. The Morgan fingerprint density at radius 3 is 2.62 bits per heavy atom. The molecule has 0 aliphatic rings. The number of hydrogen-bond donors (Lipinski definition) is 2. The molecule has 0 bridgehead atoms. The fourth-order valence-corrected chi connectivity index (χ4v) is 1.31. The van der Waals surface area contributed by atoms with Crippen molar-refractivity contribution in [2.24, 2.45) is 5.73 Å². The molecule has 1 atom stereocenters. The number of rotatable bonds is 2. The Balaban J connectivity index is 2.99. The van der Waals surface area contributed by atoms with Crippen molar-refractivity contribution in [1.82, 2.24) is 0 Å². The molecular weight excluding hydrogens is 169 g/mol. The van der Waals surface area contributed by atoms with E-state index in [1.165, 1.54) is 6.07 Å². The first-order valence-corrected chi connectivity index (χ1v) is 4.24. The van der Waals surface area contributed by atoms with Crippen LogP contribution in [0.5, 0.6) is 5.75 Å². The molecule has 1 rings (SSSR count). The SMILES string of the molecule is Cc1cc(CC(C)N)cc(O)c1F. The van der Waals surface area contributed by atoms with Crippen molar-refractivity contribution in [2.45, 2.75) is 26.3 Å². The van der Waals surface area contributed by atoms with E-state index in [4.69, 9.17) is 5.73 Å². The highest BCUT2D eigenvalue weighted by Crippen LogP contribution is 2.21. The Hall–Kier alpha value is -1.09. The van der Waals surface area contributed by atoms with Gasteiger partial charge in [0.15, 0.2) is 11.6 Å². The maximum Gasteiger partial charge on any atom is 0.167 e. The molecule has 0 aliphatic carbocycles. The van der Waals surface area contributed by atoms with Gasteiger partial charge in [-0.3, -0.25) is 0 Å². The van der Waals surface area contributed by atoms with Crippen molar-refractivity contribution in [3.63, 3.8) is 0 Å². The molecule has 0 heterocycles. The molecule has 3 N–H and O–H groups in total. The minimum Gasteiger partial charge on any atom is -0.505 e. The van der Waals surface area contributed by atoms with Gasteiger partial charge in [0.2, 0.25) is 0 Å². The van der Waals surface area contributed by atoms with E-state index in [1.54, 1.807) is 13.0 Å². The van der Waals surface area contributed by atoms with E-state index in [0.29, 0.717) is 12.0 Å². The first kappa shape index (κ1) is 9.99. The van der Waals surface area contributed by atoms with Crippen LogP contribution in [-0.4, -0.2) is 11.1 Å². The average molecular weight is 183 g/mol. The normalized spacial score (nSPS) is 12.9. The van der Waals surface area contributed by atoms with Crippen LogP contribution in [0.15, 0.2) is 12.1 Å². The van der Waals surface area contributed by atoms with E-state index in [1.807, 2.05) is 6.92 Å². The summed E-state index contributed by atoms with van der Waals surface area (Å²) >= 11 is 0. The van der Waals surface area contributed by atoms with Crippen molar-refractivity contribution < 1.29 is 9.50 Å². The second-order valence-electron chi connectivity index (χ2n) is 3.43. The van der Waals surface area contributed by atoms with Gasteiger partial charge in [-0.05, 0) is 37.5 Å². The Morgan fingerprint density at radius 1 is 1.54 bits per heavy atom. The lowest BCUT2D eigenvalue weighted by atomic mass is 10.0. The Morgan fingerprint density at radius 2 is 2.15 bits per heavy atom. The molecule has 2 nitrogen and oxygen atoms in total. The van der Waals surface area contributed by atoms with Crippen molar-refractivity contribution >= 4 is 0 Å². The maximum atomic E-state index is 13.0. The first-order chi connectivity index (χ1) is 6.00. The van der Waals surface area contributed by atoms with Crippen LogP contribution in [-0.2, 0) is 6.42 Å². The standard InChI is InChI=1S/C10H14FNO/c1-6-3-8(4-7(2)12)5-9(13)10(6)11/h3,5,7,13H,4,12H2,1-2H3. The van der Waals surface area contributed by atoms with Crippen LogP contribution in [0, 0.1) is 12.7 Å². The molecule has 0 saturated heterocycles. The molecule has 1 aromatic carbocycles. The zero-order chi connectivity index (χ0) is 10.0. The van der Waals surface area contributed by atoms with Crippen LogP contribution in [0.3, 0.4) is 0 Å². The van der Waals surface area contributed by atoms with E-state index < -0.39 is 5.82 Å². The molecule has 0 amide bonds. The summed E-state index contributed by atoms with van der Waals surface area (Å²) in [6.45, 7) is 3.50. The summed E-state index contributed by atoms with van der Waals surface area (Å²) in [6, 6.07) is 3.15. The number of phenolic OH excluding ortho intramolecular Hbond substituents is 1. The van der Waals surface area contributed by atoms with Gasteiger partial charge in [-0.1, -0.05) is 6.07 Å². The van der Waals surface area contributed by atoms with Gasteiger partial charge in [-0.25, -0.2) is 4.39 Å². The molecule has 0 saturated carbocycles. The van der Waals surface area contributed by atoms with Gasteiger partial charge in [0.25, 0.3) is 0 Å². The average Bonchev–Trinajstić information content (AvgIpc) is 1.98. The highest BCUT2D eigenvalue weighted by atomic mass is 19.1. The molecule has 3 heteroatoms. The molecule has 13 heavy (non-hydrogen) atoms. The number of aromatic hydroxyl groups is 1. The van der Waals surface area contributed by atoms with Crippen molar-refractivity contribution in [1.29, 1.82) is 0 Å². The lowest BCUT2D eigenvalue weighted by Crippen LogP contribution is -2.17. The van der Waals surface area contributed by atoms with Crippen LogP contribution in [0.25, 0.3) is 0 Å². The van der Waals surface area contributed by atoms with E-state index >= 15 is 0 Å². The van der Waals surface area contributed by atoms with Gasteiger partial charge in [0.05, 0.1) is 0 Å². The smallest absolute Gasteiger partial charge is 0.167 e. The second kappa shape index (κ2) is 3.75. The number of aryl methyl sites for hydroxylation is 1. The number of nitrogens with two attached hydrogens (primary N) is 1.